The average molecular weight is 307 g/mol. The van der Waals surface area contributed by atoms with Gasteiger partial charge in [-0.15, -0.1) is 0 Å². The summed E-state index contributed by atoms with van der Waals surface area (Å²) in [5, 5.41) is 6.20. The predicted molar refractivity (Wildman–Crippen MR) is 75.9 cm³/mol. The van der Waals surface area contributed by atoms with Gasteiger partial charge in [-0.3, -0.25) is 0 Å². The minimum absolute atomic E-state index is 0.315. The van der Waals surface area contributed by atoms with Crippen molar-refractivity contribution in [3.05, 3.63) is 28.2 Å². The summed E-state index contributed by atoms with van der Waals surface area (Å²) in [5.74, 6) is 0. The lowest BCUT2D eigenvalue weighted by molar-refractivity contribution is -0.117. The van der Waals surface area contributed by atoms with Crippen molar-refractivity contribution in [2.45, 2.75) is 19.3 Å². The maximum absolute atomic E-state index is 11.8. The number of hydrogen-bond acceptors (Lipinski definition) is 3. The molecule has 0 radical (unpaired) electrons. The van der Waals surface area contributed by atoms with Gasteiger partial charge in [0.1, 0.15) is 0 Å². The predicted octanol–water partition coefficient (Wildman–Crippen LogP) is 3.12. The third kappa shape index (κ3) is 5.24. The van der Waals surface area contributed by atoms with Crippen molar-refractivity contribution in [2.75, 3.05) is 19.5 Å². The zero-order chi connectivity index (χ0) is 14.4. The van der Waals surface area contributed by atoms with E-state index >= 15 is 0 Å². The van der Waals surface area contributed by atoms with Gasteiger partial charge in [-0.05, 0) is 25.1 Å². The molecule has 1 aromatic rings. The molecule has 1 rings (SSSR count). The maximum Gasteiger partial charge on any atom is 0.319 e. The largest absolute Gasteiger partial charge is 0.354 e. The molecule has 0 aromatic heterocycles. The number of ether oxygens (including phenoxy) is 2. The molecule has 2 amide bonds. The normalized spacial score (nSPS) is 12.3. The summed E-state index contributed by atoms with van der Waals surface area (Å²) in [6.45, 7) is 1.77. The molecule has 19 heavy (non-hydrogen) atoms. The van der Waals surface area contributed by atoms with E-state index in [0.29, 0.717) is 15.7 Å². The first-order valence-electron chi connectivity index (χ1n) is 5.55. The fraction of sp³-hybridized carbons (Fsp3) is 0.417. The first-order valence-corrected chi connectivity index (χ1v) is 6.31. The Balaban J connectivity index is 2.60. The van der Waals surface area contributed by atoms with Crippen LogP contribution in [0.25, 0.3) is 0 Å². The number of benzene rings is 1. The molecular formula is C12H16Cl2N2O3. The Kier molecular flexibility index (Phi) is 6.37. The fourth-order valence-corrected chi connectivity index (χ4v) is 2.10. The van der Waals surface area contributed by atoms with Crippen LogP contribution in [0.2, 0.25) is 10.0 Å². The third-order valence-electron chi connectivity index (χ3n) is 2.35. The minimum Gasteiger partial charge on any atom is -0.354 e. The molecule has 0 heterocycles. The van der Waals surface area contributed by atoms with Crippen LogP contribution in [0.5, 0.6) is 0 Å². The lowest BCUT2D eigenvalue weighted by atomic mass is 10.3. The van der Waals surface area contributed by atoms with Crippen molar-refractivity contribution >= 4 is 34.9 Å². The number of urea groups is 1. The Hall–Kier alpha value is -1.01. The van der Waals surface area contributed by atoms with Crippen LogP contribution in [-0.4, -0.2) is 32.6 Å². The van der Waals surface area contributed by atoms with Gasteiger partial charge in [0.25, 0.3) is 0 Å². The topological polar surface area (TPSA) is 59.6 Å². The third-order valence-corrected chi connectivity index (χ3v) is 2.79. The number of hydrogen-bond donors (Lipinski definition) is 2. The SMILES string of the molecule is COC(OC)C(C)NC(=O)Nc1cc(Cl)cc(Cl)c1. The van der Waals surface area contributed by atoms with E-state index in [0.717, 1.165) is 0 Å². The molecule has 0 spiro atoms. The number of halogens is 2. The summed E-state index contributed by atoms with van der Waals surface area (Å²) in [7, 11) is 3.00. The van der Waals surface area contributed by atoms with Crippen molar-refractivity contribution in [2.24, 2.45) is 0 Å². The van der Waals surface area contributed by atoms with Crippen LogP contribution in [0, 0.1) is 0 Å². The molecule has 7 heteroatoms. The monoisotopic (exact) mass is 306 g/mol. The summed E-state index contributed by atoms with van der Waals surface area (Å²) in [5.41, 5.74) is 0.508. The molecule has 1 unspecified atom stereocenters. The molecule has 0 aliphatic heterocycles. The molecule has 0 aliphatic carbocycles. The summed E-state index contributed by atoms with van der Waals surface area (Å²) >= 11 is 11.7. The van der Waals surface area contributed by atoms with Gasteiger partial charge in [0.2, 0.25) is 0 Å². The lowest BCUT2D eigenvalue weighted by Crippen LogP contribution is -2.44. The summed E-state index contributed by atoms with van der Waals surface area (Å²) in [4.78, 5) is 11.8. The van der Waals surface area contributed by atoms with Gasteiger partial charge >= 0.3 is 6.03 Å². The number of amides is 2. The molecule has 106 valence electrons. The summed E-state index contributed by atoms with van der Waals surface area (Å²) in [6, 6.07) is 4.07. The second-order valence-corrected chi connectivity index (χ2v) is 4.76. The number of carbonyl (C=O) groups is 1. The standard InChI is InChI=1S/C12H16Cl2N2O3/c1-7(11(18-2)19-3)15-12(17)16-10-5-8(13)4-9(14)6-10/h4-7,11H,1-3H3,(H2,15,16,17). The average Bonchev–Trinajstić information content (AvgIpc) is 2.28. The first-order chi connectivity index (χ1) is 8.96. The maximum atomic E-state index is 11.8. The van der Waals surface area contributed by atoms with Crippen LogP contribution < -0.4 is 10.6 Å². The summed E-state index contributed by atoms with van der Waals surface area (Å²) in [6.07, 6.45) is -0.520. The van der Waals surface area contributed by atoms with Gasteiger partial charge in [-0.2, -0.15) is 0 Å². The Labute approximate surface area is 122 Å². The zero-order valence-corrected chi connectivity index (χ0v) is 12.4. The second-order valence-electron chi connectivity index (χ2n) is 3.89. The smallest absolute Gasteiger partial charge is 0.319 e. The van der Waals surface area contributed by atoms with Gasteiger partial charge in [0.05, 0.1) is 6.04 Å². The highest BCUT2D eigenvalue weighted by Gasteiger charge is 2.17. The zero-order valence-electron chi connectivity index (χ0n) is 10.9. The number of rotatable bonds is 5. The van der Waals surface area contributed by atoms with Gasteiger partial charge in [-0.1, -0.05) is 23.2 Å². The van der Waals surface area contributed by atoms with Gasteiger partial charge in [0, 0.05) is 30.0 Å². The Bertz CT molecular complexity index is 419. The summed E-state index contributed by atoms with van der Waals surface area (Å²) < 4.78 is 10.1. The van der Waals surface area contributed by atoms with Crippen LogP contribution in [0.15, 0.2) is 18.2 Å². The Morgan fingerprint density at radius 1 is 1.16 bits per heavy atom. The quantitative estimate of drug-likeness (QED) is 0.822. The van der Waals surface area contributed by atoms with Gasteiger partial charge in [-0.25, -0.2) is 4.79 Å². The van der Waals surface area contributed by atoms with Crippen molar-refractivity contribution < 1.29 is 14.3 Å². The van der Waals surface area contributed by atoms with E-state index in [1.54, 1.807) is 25.1 Å². The van der Waals surface area contributed by atoms with Crippen molar-refractivity contribution in [3.8, 4) is 0 Å². The Morgan fingerprint density at radius 3 is 2.16 bits per heavy atom. The van der Waals surface area contributed by atoms with Crippen LogP contribution in [0.3, 0.4) is 0 Å². The molecule has 5 nitrogen and oxygen atoms in total. The van der Waals surface area contributed by atoms with E-state index in [9.17, 15) is 4.79 Å². The molecule has 0 fully saturated rings. The van der Waals surface area contributed by atoms with Crippen LogP contribution >= 0.6 is 23.2 Å². The van der Waals surface area contributed by atoms with E-state index in [-0.39, 0.29) is 6.04 Å². The molecular weight excluding hydrogens is 291 g/mol. The van der Waals surface area contributed by atoms with Crippen molar-refractivity contribution in [1.82, 2.24) is 5.32 Å². The van der Waals surface area contributed by atoms with E-state index in [1.807, 2.05) is 0 Å². The van der Waals surface area contributed by atoms with E-state index in [1.165, 1.54) is 14.2 Å². The second kappa shape index (κ2) is 7.55. The molecule has 0 bridgehead atoms. The highest BCUT2D eigenvalue weighted by atomic mass is 35.5. The molecule has 0 saturated carbocycles. The highest BCUT2D eigenvalue weighted by Crippen LogP contribution is 2.22. The van der Waals surface area contributed by atoms with E-state index < -0.39 is 12.3 Å². The molecule has 0 aliphatic rings. The highest BCUT2D eigenvalue weighted by molar-refractivity contribution is 6.35. The molecule has 2 N–H and O–H groups in total. The van der Waals surface area contributed by atoms with Crippen molar-refractivity contribution in [3.63, 3.8) is 0 Å². The van der Waals surface area contributed by atoms with Gasteiger partial charge < -0.3 is 20.1 Å². The number of methoxy groups -OCH3 is 2. The van der Waals surface area contributed by atoms with Crippen LogP contribution in [0.4, 0.5) is 10.5 Å². The number of nitrogens with one attached hydrogen (secondary N) is 2. The van der Waals surface area contributed by atoms with E-state index in [2.05, 4.69) is 10.6 Å². The lowest BCUT2D eigenvalue weighted by Gasteiger charge is -2.22. The van der Waals surface area contributed by atoms with Crippen LogP contribution in [0.1, 0.15) is 6.92 Å². The first kappa shape index (κ1) is 16.0. The molecule has 0 saturated heterocycles. The number of carbonyl (C=O) groups excluding carboxylic acids is 1. The number of anilines is 1. The molecule has 1 aromatic carbocycles. The minimum atomic E-state index is -0.520. The molecule has 1 atom stereocenters. The Morgan fingerprint density at radius 2 is 1.68 bits per heavy atom. The van der Waals surface area contributed by atoms with Crippen molar-refractivity contribution in [1.29, 1.82) is 0 Å². The van der Waals surface area contributed by atoms with Gasteiger partial charge in [0.15, 0.2) is 6.29 Å². The fourth-order valence-electron chi connectivity index (χ4n) is 1.57. The van der Waals surface area contributed by atoms with E-state index in [4.69, 9.17) is 32.7 Å². The van der Waals surface area contributed by atoms with Crippen LogP contribution in [-0.2, 0) is 9.47 Å².